The second-order valence-electron chi connectivity index (χ2n) is 6.27. The maximum atomic E-state index is 12.0. The molecule has 0 unspecified atom stereocenters. The molecule has 7 heteroatoms. The van der Waals surface area contributed by atoms with E-state index < -0.39 is 5.60 Å². The van der Waals surface area contributed by atoms with Crippen LogP contribution in [0.15, 0.2) is 18.5 Å². The number of aromatic nitrogens is 2. The Hall–Kier alpha value is -2.44. The van der Waals surface area contributed by atoms with E-state index in [0.29, 0.717) is 19.5 Å². The van der Waals surface area contributed by atoms with Crippen LogP contribution in [0, 0.1) is 0 Å². The van der Waals surface area contributed by atoms with Crippen molar-refractivity contribution >= 4 is 17.6 Å². The van der Waals surface area contributed by atoms with Gasteiger partial charge in [-0.05, 0) is 32.8 Å². The lowest BCUT2D eigenvalue weighted by Crippen LogP contribution is -2.39. The Morgan fingerprint density at radius 1 is 1.26 bits per heavy atom. The number of carbonyl (C=O) groups excluding carboxylic acids is 2. The molecular formula is C16H22N4O3. The smallest absolute Gasteiger partial charge is 0.410 e. The number of ether oxygens (including phenoxy) is 1. The van der Waals surface area contributed by atoms with Gasteiger partial charge in [0.05, 0.1) is 18.1 Å². The van der Waals surface area contributed by atoms with Crippen molar-refractivity contribution in [1.29, 1.82) is 0 Å². The molecule has 1 N–H and O–H groups in total. The minimum absolute atomic E-state index is 0.266. The van der Waals surface area contributed by atoms with Gasteiger partial charge in [-0.1, -0.05) is 6.08 Å². The zero-order valence-corrected chi connectivity index (χ0v) is 13.9. The lowest BCUT2D eigenvalue weighted by Gasteiger charge is -2.29. The Bertz CT molecular complexity index is 617. The van der Waals surface area contributed by atoms with Crippen LogP contribution in [0.1, 0.15) is 43.4 Å². The molecule has 7 nitrogen and oxygen atoms in total. The van der Waals surface area contributed by atoms with Crippen LogP contribution in [-0.2, 0) is 4.74 Å². The lowest BCUT2D eigenvalue weighted by atomic mass is 10.1. The van der Waals surface area contributed by atoms with Crippen molar-refractivity contribution in [3.05, 3.63) is 29.9 Å². The van der Waals surface area contributed by atoms with Crippen molar-refractivity contribution in [2.45, 2.75) is 32.8 Å². The topological polar surface area (TPSA) is 84.4 Å². The number of hydrogen-bond acceptors (Lipinski definition) is 5. The summed E-state index contributed by atoms with van der Waals surface area (Å²) in [5, 5.41) is 2.50. The highest BCUT2D eigenvalue weighted by atomic mass is 16.6. The predicted octanol–water partition coefficient (Wildman–Crippen LogP) is 1.86. The SMILES string of the molecule is CNC(=O)c1cnc(C2=CCN(C(=O)OC(C)(C)C)CC2)cn1. The molecule has 0 saturated carbocycles. The molecule has 2 heterocycles. The fraction of sp³-hybridized carbons (Fsp3) is 0.500. The van der Waals surface area contributed by atoms with Crippen molar-refractivity contribution < 1.29 is 14.3 Å². The van der Waals surface area contributed by atoms with Gasteiger partial charge in [0.15, 0.2) is 0 Å². The highest BCUT2D eigenvalue weighted by molar-refractivity contribution is 5.91. The third-order valence-corrected chi connectivity index (χ3v) is 3.30. The highest BCUT2D eigenvalue weighted by Gasteiger charge is 2.24. The summed E-state index contributed by atoms with van der Waals surface area (Å²) in [6.07, 6.45) is 5.34. The van der Waals surface area contributed by atoms with Gasteiger partial charge in [-0.2, -0.15) is 0 Å². The van der Waals surface area contributed by atoms with Crippen molar-refractivity contribution in [3.63, 3.8) is 0 Å². The van der Waals surface area contributed by atoms with Gasteiger partial charge in [0.2, 0.25) is 0 Å². The molecule has 0 fully saturated rings. The van der Waals surface area contributed by atoms with E-state index in [9.17, 15) is 9.59 Å². The molecule has 2 rings (SSSR count). The molecule has 0 saturated heterocycles. The summed E-state index contributed by atoms with van der Waals surface area (Å²) in [7, 11) is 1.55. The van der Waals surface area contributed by atoms with E-state index in [1.807, 2.05) is 26.8 Å². The zero-order chi connectivity index (χ0) is 17.0. The number of nitrogens with zero attached hydrogens (tertiary/aromatic N) is 3. The van der Waals surface area contributed by atoms with Gasteiger partial charge in [-0.3, -0.25) is 9.78 Å². The number of amides is 2. The summed E-state index contributed by atoms with van der Waals surface area (Å²) in [5.41, 5.74) is 1.52. The van der Waals surface area contributed by atoms with Gasteiger partial charge < -0.3 is 15.0 Å². The van der Waals surface area contributed by atoms with E-state index in [4.69, 9.17) is 4.74 Å². The van der Waals surface area contributed by atoms with Gasteiger partial charge in [0.1, 0.15) is 11.3 Å². The van der Waals surface area contributed by atoms with Gasteiger partial charge in [0.25, 0.3) is 5.91 Å². The Morgan fingerprint density at radius 2 is 2.00 bits per heavy atom. The maximum Gasteiger partial charge on any atom is 0.410 e. The van der Waals surface area contributed by atoms with Crippen LogP contribution in [0.2, 0.25) is 0 Å². The van der Waals surface area contributed by atoms with Gasteiger partial charge in [-0.15, -0.1) is 0 Å². The summed E-state index contributed by atoms with van der Waals surface area (Å²) >= 11 is 0. The molecule has 0 spiro atoms. The second-order valence-corrected chi connectivity index (χ2v) is 6.27. The molecule has 0 aliphatic carbocycles. The number of rotatable bonds is 2. The monoisotopic (exact) mass is 318 g/mol. The van der Waals surface area contributed by atoms with E-state index in [1.54, 1.807) is 18.1 Å². The third-order valence-electron chi connectivity index (χ3n) is 3.30. The van der Waals surface area contributed by atoms with Gasteiger partial charge in [-0.25, -0.2) is 9.78 Å². The summed E-state index contributed by atoms with van der Waals surface area (Å²) in [6, 6.07) is 0. The molecule has 1 aliphatic rings. The molecule has 0 radical (unpaired) electrons. The molecule has 0 atom stereocenters. The first kappa shape index (κ1) is 16.9. The highest BCUT2D eigenvalue weighted by Crippen LogP contribution is 2.21. The fourth-order valence-electron chi connectivity index (χ4n) is 2.13. The average molecular weight is 318 g/mol. The number of carbonyl (C=O) groups is 2. The van der Waals surface area contributed by atoms with Gasteiger partial charge >= 0.3 is 6.09 Å². The Balaban J connectivity index is 2.01. The number of hydrogen-bond donors (Lipinski definition) is 1. The Kier molecular flexibility index (Phi) is 4.98. The first-order valence-corrected chi connectivity index (χ1v) is 7.51. The Morgan fingerprint density at radius 3 is 2.48 bits per heavy atom. The molecule has 1 aromatic rings. The van der Waals surface area contributed by atoms with Crippen molar-refractivity contribution in [1.82, 2.24) is 20.2 Å². The largest absolute Gasteiger partial charge is 0.444 e. The van der Waals surface area contributed by atoms with Crippen LogP contribution in [0.5, 0.6) is 0 Å². The number of nitrogens with one attached hydrogen (secondary N) is 1. The Labute approximate surface area is 135 Å². The van der Waals surface area contributed by atoms with Crippen LogP contribution in [-0.4, -0.2) is 52.6 Å². The minimum Gasteiger partial charge on any atom is -0.444 e. The molecule has 1 aliphatic heterocycles. The van der Waals surface area contributed by atoms with Crippen LogP contribution in [0.3, 0.4) is 0 Å². The molecule has 124 valence electrons. The van der Waals surface area contributed by atoms with Crippen LogP contribution >= 0.6 is 0 Å². The van der Waals surface area contributed by atoms with E-state index in [2.05, 4.69) is 15.3 Å². The first-order chi connectivity index (χ1) is 10.8. The summed E-state index contributed by atoms with van der Waals surface area (Å²) in [4.78, 5) is 33.5. The predicted molar refractivity (Wildman–Crippen MR) is 85.8 cm³/mol. The van der Waals surface area contributed by atoms with E-state index in [0.717, 1.165) is 11.3 Å². The first-order valence-electron chi connectivity index (χ1n) is 7.51. The molecule has 0 bridgehead atoms. The van der Waals surface area contributed by atoms with E-state index >= 15 is 0 Å². The van der Waals surface area contributed by atoms with Crippen molar-refractivity contribution in [2.24, 2.45) is 0 Å². The molecule has 23 heavy (non-hydrogen) atoms. The van der Waals surface area contributed by atoms with Crippen LogP contribution in [0.25, 0.3) is 5.57 Å². The molecular weight excluding hydrogens is 296 g/mol. The molecule has 0 aromatic carbocycles. The lowest BCUT2D eigenvalue weighted by molar-refractivity contribution is 0.0270. The molecule has 1 aromatic heterocycles. The zero-order valence-electron chi connectivity index (χ0n) is 13.9. The third kappa shape index (κ3) is 4.51. The van der Waals surface area contributed by atoms with E-state index in [1.165, 1.54) is 6.20 Å². The average Bonchev–Trinajstić information content (AvgIpc) is 2.53. The van der Waals surface area contributed by atoms with Crippen molar-refractivity contribution in [3.8, 4) is 0 Å². The summed E-state index contributed by atoms with van der Waals surface area (Å²) in [6.45, 7) is 6.59. The quantitative estimate of drug-likeness (QED) is 0.899. The summed E-state index contributed by atoms with van der Waals surface area (Å²) in [5.74, 6) is -0.266. The molecule has 2 amide bonds. The van der Waals surface area contributed by atoms with Crippen LogP contribution in [0.4, 0.5) is 4.79 Å². The minimum atomic E-state index is -0.498. The standard InChI is InChI=1S/C16H22N4O3/c1-16(2,3)23-15(22)20-7-5-11(6-8-20)12-9-19-13(10-18-12)14(21)17-4/h5,9-10H,6-8H2,1-4H3,(H,17,21). The van der Waals surface area contributed by atoms with Gasteiger partial charge in [0, 0.05) is 20.1 Å². The maximum absolute atomic E-state index is 12.0. The second kappa shape index (κ2) is 6.76. The van der Waals surface area contributed by atoms with E-state index in [-0.39, 0.29) is 17.7 Å². The van der Waals surface area contributed by atoms with Crippen molar-refractivity contribution in [2.75, 3.05) is 20.1 Å². The summed E-state index contributed by atoms with van der Waals surface area (Å²) < 4.78 is 5.36. The normalized spacial score (nSPS) is 15.0. The van der Waals surface area contributed by atoms with Crippen LogP contribution < -0.4 is 5.32 Å². The fourth-order valence-corrected chi connectivity index (χ4v) is 2.13.